The van der Waals surface area contributed by atoms with Crippen LogP contribution in [0.5, 0.6) is 0 Å². The van der Waals surface area contributed by atoms with Crippen LogP contribution < -0.4 is 10.8 Å². The second kappa shape index (κ2) is 8.83. The van der Waals surface area contributed by atoms with Crippen LogP contribution in [-0.4, -0.2) is 45.8 Å². The number of benzene rings is 1. The van der Waals surface area contributed by atoms with Crippen LogP contribution in [0.4, 0.5) is 10.1 Å². The van der Waals surface area contributed by atoms with E-state index in [2.05, 4.69) is 30.7 Å². The third-order valence-electron chi connectivity index (χ3n) is 4.70. The number of rotatable bonds is 6. The Morgan fingerprint density at radius 2 is 2.31 bits per heavy atom. The Kier molecular flexibility index (Phi) is 6.00. The van der Waals surface area contributed by atoms with Gasteiger partial charge in [-0.3, -0.25) is 10.7 Å². The number of nitrogens with one attached hydrogen (secondary N) is 3. The number of imidazole rings is 1. The molecule has 0 bridgehead atoms. The molecule has 0 amide bonds. The molecule has 4 N–H and O–H groups in total. The van der Waals surface area contributed by atoms with Crippen LogP contribution in [-0.2, 0) is 11.3 Å². The normalized spacial score (nSPS) is 17.2. The number of halogens is 2. The number of aromatic nitrogens is 3. The van der Waals surface area contributed by atoms with Gasteiger partial charge in [-0.1, -0.05) is 11.6 Å². The minimum Gasteiger partial charge on any atom is -0.381 e. The van der Waals surface area contributed by atoms with E-state index in [4.69, 9.17) is 16.3 Å². The number of hydrogen-bond acceptors (Lipinski definition) is 6. The largest absolute Gasteiger partial charge is 0.381 e. The molecule has 3 aromatic rings. The summed E-state index contributed by atoms with van der Waals surface area (Å²) in [6.07, 6.45) is 2.64. The number of amidine groups is 1. The zero-order valence-corrected chi connectivity index (χ0v) is 16.2. The van der Waals surface area contributed by atoms with E-state index in [0.717, 1.165) is 32.0 Å². The maximum Gasteiger partial charge on any atom is 0.178 e. The number of pyridine rings is 1. The van der Waals surface area contributed by atoms with Gasteiger partial charge in [0.05, 0.1) is 29.4 Å². The Morgan fingerprint density at radius 3 is 3.07 bits per heavy atom. The number of ether oxygens (including phenoxy) is 1. The van der Waals surface area contributed by atoms with E-state index in [1.807, 2.05) is 0 Å². The Bertz CT molecular complexity index is 1030. The number of aliphatic imine (C=N–C) groups is 1. The standard InChI is InChI=1S/C19H20ClFN6O2/c20-14-7-12(1-2-15(14)21)24-18(27-28)13-3-5-23-19-17(13)25-16(26-19)9-22-8-11-4-6-29-10-11/h1-3,5,7,11,22,28H,4,6,8-10H2,(H,24,27)(H,23,25,26). The van der Waals surface area contributed by atoms with Gasteiger partial charge in [-0.05, 0) is 36.6 Å². The van der Waals surface area contributed by atoms with Crippen molar-refractivity contribution >= 4 is 34.3 Å². The van der Waals surface area contributed by atoms with Crippen LogP contribution in [0.25, 0.3) is 11.2 Å². The summed E-state index contributed by atoms with van der Waals surface area (Å²) in [5.41, 5.74) is 4.18. The number of hydrogen-bond donors (Lipinski definition) is 4. The number of H-pyrrole nitrogens is 1. The van der Waals surface area contributed by atoms with Crippen LogP contribution in [0.2, 0.25) is 5.02 Å². The lowest BCUT2D eigenvalue weighted by molar-refractivity contribution is 0.185. The predicted molar refractivity (Wildman–Crippen MR) is 107 cm³/mol. The number of hydroxylamine groups is 1. The SMILES string of the molecule is ONC(=Nc1ccc(F)c(Cl)c1)c1ccnc2nc(CNCC3CCOC3)[nH]c12. The van der Waals surface area contributed by atoms with Crippen molar-refractivity contribution in [2.75, 3.05) is 19.8 Å². The molecule has 1 aliphatic rings. The second-order valence-corrected chi connectivity index (χ2v) is 7.18. The quantitative estimate of drug-likeness (QED) is 0.278. The van der Waals surface area contributed by atoms with Crippen molar-refractivity contribution in [2.45, 2.75) is 13.0 Å². The molecule has 8 nitrogen and oxygen atoms in total. The van der Waals surface area contributed by atoms with Crippen molar-refractivity contribution in [2.24, 2.45) is 10.9 Å². The van der Waals surface area contributed by atoms with Gasteiger partial charge in [0, 0.05) is 24.9 Å². The monoisotopic (exact) mass is 418 g/mol. The highest BCUT2D eigenvalue weighted by Crippen LogP contribution is 2.23. The Balaban J connectivity index is 1.57. The summed E-state index contributed by atoms with van der Waals surface area (Å²) in [6.45, 7) is 3.01. The molecule has 0 radical (unpaired) electrons. The fourth-order valence-electron chi connectivity index (χ4n) is 3.21. The van der Waals surface area contributed by atoms with E-state index in [1.54, 1.807) is 12.3 Å². The molecule has 3 heterocycles. The molecule has 1 saturated heterocycles. The van der Waals surface area contributed by atoms with Crippen LogP contribution in [0.1, 0.15) is 17.8 Å². The average molecular weight is 419 g/mol. The van der Waals surface area contributed by atoms with Gasteiger partial charge >= 0.3 is 0 Å². The summed E-state index contributed by atoms with van der Waals surface area (Å²) in [5, 5.41) is 12.9. The van der Waals surface area contributed by atoms with E-state index < -0.39 is 5.82 Å². The summed E-state index contributed by atoms with van der Waals surface area (Å²) in [4.78, 5) is 16.3. The van der Waals surface area contributed by atoms with Crippen LogP contribution >= 0.6 is 11.6 Å². The molecule has 1 fully saturated rings. The first-order valence-corrected chi connectivity index (χ1v) is 9.58. The van der Waals surface area contributed by atoms with Gasteiger partial charge in [0.2, 0.25) is 0 Å². The maximum atomic E-state index is 13.4. The molecule has 0 saturated carbocycles. The second-order valence-electron chi connectivity index (χ2n) is 6.77. The summed E-state index contributed by atoms with van der Waals surface area (Å²) in [7, 11) is 0. The van der Waals surface area contributed by atoms with Crippen LogP contribution in [0.3, 0.4) is 0 Å². The molecule has 0 spiro atoms. The van der Waals surface area contributed by atoms with Gasteiger partial charge in [0.1, 0.15) is 11.6 Å². The molecule has 10 heteroatoms. The summed E-state index contributed by atoms with van der Waals surface area (Å²) >= 11 is 5.81. The van der Waals surface area contributed by atoms with Crippen molar-refractivity contribution in [1.82, 2.24) is 25.7 Å². The van der Waals surface area contributed by atoms with Crippen LogP contribution in [0.15, 0.2) is 35.5 Å². The third-order valence-corrected chi connectivity index (χ3v) is 4.99. The number of nitrogens with zero attached hydrogens (tertiary/aromatic N) is 3. The van der Waals surface area contributed by atoms with Crippen LogP contribution in [0, 0.1) is 11.7 Å². The first-order chi connectivity index (χ1) is 14.1. The van der Waals surface area contributed by atoms with Crippen molar-refractivity contribution < 1.29 is 14.3 Å². The zero-order valence-electron chi connectivity index (χ0n) is 15.5. The summed E-state index contributed by atoms with van der Waals surface area (Å²) in [5.74, 6) is 0.866. The summed E-state index contributed by atoms with van der Waals surface area (Å²) < 4.78 is 18.8. The molecular formula is C19H20ClFN6O2. The molecule has 29 heavy (non-hydrogen) atoms. The zero-order chi connectivity index (χ0) is 20.2. The molecule has 1 atom stereocenters. The van der Waals surface area contributed by atoms with Gasteiger partial charge < -0.3 is 15.0 Å². The first-order valence-electron chi connectivity index (χ1n) is 9.20. The molecule has 0 aliphatic carbocycles. The van der Waals surface area contributed by atoms with E-state index in [-0.39, 0.29) is 10.9 Å². The van der Waals surface area contributed by atoms with Gasteiger partial charge in [0.25, 0.3) is 0 Å². The molecule has 4 rings (SSSR count). The third kappa shape index (κ3) is 4.54. The fourth-order valence-corrected chi connectivity index (χ4v) is 3.38. The van der Waals surface area contributed by atoms with Gasteiger partial charge in [-0.2, -0.15) is 0 Å². The Hall–Kier alpha value is -2.59. The van der Waals surface area contributed by atoms with E-state index >= 15 is 0 Å². The van der Waals surface area contributed by atoms with Crippen molar-refractivity contribution in [3.05, 3.63) is 52.7 Å². The van der Waals surface area contributed by atoms with Gasteiger partial charge in [0.15, 0.2) is 11.5 Å². The lowest BCUT2D eigenvalue weighted by atomic mass is 10.1. The Morgan fingerprint density at radius 1 is 1.41 bits per heavy atom. The Labute approximate surface area is 171 Å². The highest BCUT2D eigenvalue weighted by molar-refractivity contribution is 6.31. The minimum atomic E-state index is -0.537. The minimum absolute atomic E-state index is 0.0500. The van der Waals surface area contributed by atoms with Gasteiger partial charge in [-0.15, -0.1) is 0 Å². The highest BCUT2D eigenvalue weighted by Gasteiger charge is 2.16. The topological polar surface area (TPSA) is 107 Å². The lowest BCUT2D eigenvalue weighted by Crippen LogP contribution is -2.23. The number of fused-ring (bicyclic) bond motifs is 1. The van der Waals surface area contributed by atoms with Crippen molar-refractivity contribution in [3.8, 4) is 0 Å². The summed E-state index contributed by atoms with van der Waals surface area (Å²) in [6, 6.07) is 5.75. The molecular weight excluding hydrogens is 399 g/mol. The lowest BCUT2D eigenvalue weighted by Gasteiger charge is -2.07. The van der Waals surface area contributed by atoms with E-state index in [1.165, 1.54) is 18.2 Å². The van der Waals surface area contributed by atoms with Crippen molar-refractivity contribution in [1.29, 1.82) is 0 Å². The first kappa shape index (κ1) is 19.7. The molecule has 152 valence electrons. The molecule has 1 aromatic carbocycles. The average Bonchev–Trinajstić information content (AvgIpc) is 3.38. The van der Waals surface area contributed by atoms with E-state index in [0.29, 0.717) is 34.9 Å². The molecule has 1 unspecified atom stereocenters. The predicted octanol–water partition coefficient (Wildman–Crippen LogP) is 2.93. The highest BCUT2D eigenvalue weighted by atomic mass is 35.5. The smallest absolute Gasteiger partial charge is 0.178 e. The number of aromatic amines is 1. The maximum absolute atomic E-state index is 13.4. The van der Waals surface area contributed by atoms with Gasteiger partial charge in [-0.25, -0.2) is 19.4 Å². The molecule has 1 aliphatic heterocycles. The molecule has 2 aromatic heterocycles. The fraction of sp³-hybridized carbons (Fsp3) is 0.316. The van der Waals surface area contributed by atoms with Crippen molar-refractivity contribution in [3.63, 3.8) is 0 Å². The van der Waals surface area contributed by atoms with E-state index in [9.17, 15) is 9.60 Å².